The molecule has 7 nitrogen and oxygen atoms in total. The molecule has 1 unspecified atom stereocenters. The third-order valence-corrected chi connectivity index (χ3v) is 6.98. The fourth-order valence-electron chi connectivity index (χ4n) is 4.40. The average Bonchev–Trinajstić information content (AvgIpc) is 3.25. The number of amides is 2. The molecule has 2 aliphatic heterocycles. The van der Waals surface area contributed by atoms with Crippen LogP contribution in [0, 0.1) is 5.92 Å². The van der Waals surface area contributed by atoms with E-state index in [1.807, 2.05) is 0 Å². The van der Waals surface area contributed by atoms with Gasteiger partial charge in [0.1, 0.15) is 0 Å². The van der Waals surface area contributed by atoms with Crippen molar-refractivity contribution in [3.63, 3.8) is 0 Å². The van der Waals surface area contributed by atoms with Crippen LogP contribution in [0.15, 0.2) is 0 Å². The summed E-state index contributed by atoms with van der Waals surface area (Å²) >= 11 is 1.47. The van der Waals surface area contributed by atoms with Gasteiger partial charge in [0.25, 0.3) is 0 Å². The second kappa shape index (κ2) is 8.54. The molecular weight excluding hydrogens is 362 g/mol. The first kappa shape index (κ1) is 18.7. The normalized spacial score (nSPS) is 24.9. The highest BCUT2D eigenvalue weighted by Crippen LogP contribution is 2.32. The minimum absolute atomic E-state index is 0.0165. The van der Waals surface area contributed by atoms with Crippen molar-refractivity contribution in [2.45, 2.75) is 70.3 Å². The van der Waals surface area contributed by atoms with E-state index in [2.05, 4.69) is 20.4 Å². The number of nitrogens with zero attached hydrogens (tertiary/aromatic N) is 4. The summed E-state index contributed by atoms with van der Waals surface area (Å²) in [5.74, 6) is 0.353. The van der Waals surface area contributed by atoms with Crippen molar-refractivity contribution in [2.75, 3.05) is 29.4 Å². The van der Waals surface area contributed by atoms with Crippen molar-refractivity contribution in [3.05, 3.63) is 0 Å². The van der Waals surface area contributed by atoms with E-state index in [4.69, 9.17) is 0 Å². The van der Waals surface area contributed by atoms with Gasteiger partial charge in [-0.3, -0.25) is 14.5 Å². The van der Waals surface area contributed by atoms with Crippen molar-refractivity contribution < 1.29 is 9.59 Å². The molecule has 0 aromatic carbocycles. The number of aromatic nitrogens is 2. The lowest BCUT2D eigenvalue weighted by Gasteiger charge is -2.32. The fraction of sp³-hybridized carbons (Fsp3) is 0.789. The standard InChI is InChI=1S/C19H29N5O2S/c25-16-10-6-12-24(16)19-22-21-18(27-19)23-11-5-7-14(13-23)17(26)20-15-8-3-1-2-4-9-15/h14-15H,1-13H2,(H,20,26). The molecule has 3 fully saturated rings. The Hall–Kier alpha value is -1.70. The first-order chi connectivity index (χ1) is 13.2. The number of nitrogens with one attached hydrogen (secondary N) is 1. The summed E-state index contributed by atoms with van der Waals surface area (Å²) in [5, 5.41) is 13.4. The van der Waals surface area contributed by atoms with Crippen LogP contribution in [-0.2, 0) is 9.59 Å². The van der Waals surface area contributed by atoms with Gasteiger partial charge in [-0.2, -0.15) is 0 Å². The SMILES string of the molecule is O=C(NC1CCCCCC1)C1CCCN(c2nnc(N3CCCC3=O)s2)C1. The van der Waals surface area contributed by atoms with E-state index >= 15 is 0 Å². The van der Waals surface area contributed by atoms with Crippen molar-refractivity contribution in [3.8, 4) is 0 Å². The molecule has 148 valence electrons. The number of carbonyl (C=O) groups is 2. The largest absolute Gasteiger partial charge is 0.353 e. The van der Waals surface area contributed by atoms with Gasteiger partial charge < -0.3 is 10.2 Å². The van der Waals surface area contributed by atoms with E-state index in [0.29, 0.717) is 24.1 Å². The molecule has 3 heterocycles. The molecule has 3 aliphatic rings. The minimum Gasteiger partial charge on any atom is -0.353 e. The number of hydrogen-bond acceptors (Lipinski definition) is 6. The van der Waals surface area contributed by atoms with Gasteiger partial charge in [0.15, 0.2) is 0 Å². The van der Waals surface area contributed by atoms with E-state index in [-0.39, 0.29) is 17.7 Å². The Balaban J connectivity index is 1.35. The first-order valence-corrected chi connectivity index (χ1v) is 11.2. The van der Waals surface area contributed by atoms with Gasteiger partial charge >= 0.3 is 0 Å². The zero-order chi connectivity index (χ0) is 18.6. The second-order valence-electron chi connectivity index (χ2n) is 8.00. The van der Waals surface area contributed by atoms with Crippen LogP contribution in [0.2, 0.25) is 0 Å². The summed E-state index contributed by atoms with van der Waals surface area (Å²) in [6.07, 6.45) is 10.7. The van der Waals surface area contributed by atoms with Crippen molar-refractivity contribution in [1.29, 1.82) is 0 Å². The van der Waals surface area contributed by atoms with Crippen molar-refractivity contribution in [2.24, 2.45) is 5.92 Å². The highest BCUT2D eigenvalue weighted by molar-refractivity contribution is 7.19. The summed E-state index contributed by atoms with van der Waals surface area (Å²) in [6, 6.07) is 0.352. The van der Waals surface area contributed by atoms with Crippen molar-refractivity contribution >= 4 is 33.4 Å². The van der Waals surface area contributed by atoms with Gasteiger partial charge in [0.05, 0.1) is 5.92 Å². The molecule has 8 heteroatoms. The molecule has 2 amide bonds. The molecule has 0 bridgehead atoms. The minimum atomic E-state index is 0.0165. The molecule has 1 aliphatic carbocycles. The molecule has 1 N–H and O–H groups in total. The van der Waals surface area contributed by atoms with Gasteiger partial charge in [-0.25, -0.2) is 0 Å². The number of anilines is 2. The molecule has 1 saturated carbocycles. The van der Waals surface area contributed by atoms with Gasteiger partial charge in [-0.15, -0.1) is 10.2 Å². The number of rotatable bonds is 4. The van der Waals surface area contributed by atoms with Gasteiger partial charge in [0, 0.05) is 32.1 Å². The zero-order valence-electron chi connectivity index (χ0n) is 15.9. The number of carbonyl (C=O) groups excluding carboxylic acids is 2. The smallest absolute Gasteiger partial charge is 0.228 e. The topological polar surface area (TPSA) is 78.4 Å². The molecular formula is C19H29N5O2S. The molecule has 1 atom stereocenters. The fourth-order valence-corrected chi connectivity index (χ4v) is 5.33. The lowest BCUT2D eigenvalue weighted by Crippen LogP contribution is -2.46. The van der Waals surface area contributed by atoms with E-state index in [0.717, 1.165) is 50.3 Å². The lowest BCUT2D eigenvalue weighted by molar-refractivity contribution is -0.126. The van der Waals surface area contributed by atoms with Crippen LogP contribution in [0.25, 0.3) is 0 Å². The maximum Gasteiger partial charge on any atom is 0.228 e. The van der Waals surface area contributed by atoms with Gasteiger partial charge in [0.2, 0.25) is 22.1 Å². The highest BCUT2D eigenvalue weighted by atomic mass is 32.1. The Kier molecular flexibility index (Phi) is 5.90. The summed E-state index contributed by atoms with van der Waals surface area (Å²) in [7, 11) is 0. The van der Waals surface area contributed by atoms with Crippen LogP contribution in [0.5, 0.6) is 0 Å². The Labute approximate surface area is 164 Å². The second-order valence-corrected chi connectivity index (χ2v) is 8.93. The first-order valence-electron chi connectivity index (χ1n) is 10.4. The monoisotopic (exact) mass is 391 g/mol. The Morgan fingerprint density at radius 3 is 2.48 bits per heavy atom. The van der Waals surface area contributed by atoms with Crippen LogP contribution in [-0.4, -0.2) is 47.7 Å². The molecule has 0 radical (unpaired) electrons. The maximum atomic E-state index is 12.8. The molecule has 1 aromatic heterocycles. The van der Waals surface area contributed by atoms with E-state index in [1.54, 1.807) is 4.90 Å². The Morgan fingerprint density at radius 1 is 0.963 bits per heavy atom. The molecule has 1 aromatic rings. The van der Waals surface area contributed by atoms with E-state index < -0.39 is 0 Å². The predicted octanol–water partition coefficient (Wildman–Crippen LogP) is 2.72. The molecule has 2 saturated heterocycles. The summed E-state index contributed by atoms with van der Waals surface area (Å²) in [5.41, 5.74) is 0. The van der Waals surface area contributed by atoms with E-state index in [9.17, 15) is 9.59 Å². The van der Waals surface area contributed by atoms with Crippen LogP contribution in [0.4, 0.5) is 10.3 Å². The van der Waals surface area contributed by atoms with Crippen LogP contribution in [0.3, 0.4) is 0 Å². The van der Waals surface area contributed by atoms with E-state index in [1.165, 1.54) is 37.0 Å². The van der Waals surface area contributed by atoms with Gasteiger partial charge in [-0.1, -0.05) is 37.0 Å². The van der Waals surface area contributed by atoms with Crippen LogP contribution >= 0.6 is 11.3 Å². The molecule has 27 heavy (non-hydrogen) atoms. The van der Waals surface area contributed by atoms with Crippen LogP contribution in [0.1, 0.15) is 64.2 Å². The maximum absolute atomic E-state index is 12.8. The Morgan fingerprint density at radius 2 is 1.74 bits per heavy atom. The molecule has 0 spiro atoms. The highest BCUT2D eigenvalue weighted by Gasteiger charge is 2.30. The molecule has 4 rings (SSSR count). The van der Waals surface area contributed by atoms with Crippen molar-refractivity contribution in [1.82, 2.24) is 15.5 Å². The average molecular weight is 392 g/mol. The predicted molar refractivity (Wildman–Crippen MR) is 106 cm³/mol. The summed E-state index contributed by atoms with van der Waals surface area (Å²) < 4.78 is 0. The number of piperidine rings is 1. The van der Waals surface area contributed by atoms with Gasteiger partial charge in [-0.05, 0) is 32.1 Å². The zero-order valence-corrected chi connectivity index (χ0v) is 16.7. The Bertz CT molecular complexity index is 671. The quantitative estimate of drug-likeness (QED) is 0.799. The number of hydrogen-bond donors (Lipinski definition) is 1. The van der Waals surface area contributed by atoms with Crippen LogP contribution < -0.4 is 15.1 Å². The summed E-state index contributed by atoms with van der Waals surface area (Å²) in [4.78, 5) is 28.6. The summed E-state index contributed by atoms with van der Waals surface area (Å²) in [6.45, 7) is 2.33. The third kappa shape index (κ3) is 4.42. The third-order valence-electron chi connectivity index (χ3n) is 5.97. The lowest BCUT2D eigenvalue weighted by atomic mass is 9.96.